The van der Waals surface area contributed by atoms with Gasteiger partial charge in [-0.3, -0.25) is 0 Å². The molecule has 0 aliphatic rings. The van der Waals surface area contributed by atoms with Crippen LogP contribution in [0.4, 0.5) is 13.2 Å². The predicted molar refractivity (Wildman–Crippen MR) is 74.2 cm³/mol. The molecule has 0 spiro atoms. The van der Waals surface area contributed by atoms with Crippen molar-refractivity contribution in [3.63, 3.8) is 0 Å². The zero-order valence-electron chi connectivity index (χ0n) is 8.84. The Bertz CT molecular complexity index is 535. The van der Waals surface area contributed by atoms with Crippen LogP contribution in [0.3, 0.4) is 0 Å². The summed E-state index contributed by atoms with van der Waals surface area (Å²) in [4.78, 5) is 0.407. The zero-order valence-corrected chi connectivity index (χ0v) is 12.8. The molecule has 0 bridgehead atoms. The van der Waals surface area contributed by atoms with E-state index in [1.54, 1.807) is 6.07 Å². The number of halogens is 5. The standard InChI is InChI=1S/C12H7Br2F3S/c13-7-3-4-8(9(6-7)12(15,16)17)11(14)10-2-1-5-18-10/h1-6,11H. The normalized spacial score (nSPS) is 13.6. The molecular formula is C12H7Br2F3S. The van der Waals surface area contributed by atoms with E-state index in [0.717, 1.165) is 10.9 Å². The Morgan fingerprint density at radius 3 is 2.44 bits per heavy atom. The van der Waals surface area contributed by atoms with E-state index in [-0.39, 0.29) is 5.56 Å². The van der Waals surface area contributed by atoms with Gasteiger partial charge in [0.1, 0.15) is 0 Å². The quantitative estimate of drug-likeness (QED) is 0.542. The molecule has 0 radical (unpaired) electrons. The van der Waals surface area contributed by atoms with Crippen molar-refractivity contribution in [2.24, 2.45) is 0 Å². The molecule has 0 N–H and O–H groups in total. The largest absolute Gasteiger partial charge is 0.416 e. The molecule has 0 fully saturated rings. The summed E-state index contributed by atoms with van der Waals surface area (Å²) < 4.78 is 39.4. The number of thiophene rings is 1. The lowest BCUT2D eigenvalue weighted by Gasteiger charge is -2.16. The molecular weight excluding hydrogens is 393 g/mol. The second kappa shape index (κ2) is 5.35. The van der Waals surface area contributed by atoms with E-state index >= 15 is 0 Å². The van der Waals surface area contributed by atoms with Crippen LogP contribution in [0.2, 0.25) is 0 Å². The zero-order chi connectivity index (χ0) is 13.3. The Morgan fingerprint density at radius 2 is 1.89 bits per heavy atom. The van der Waals surface area contributed by atoms with E-state index in [4.69, 9.17) is 0 Å². The molecule has 0 amide bonds. The van der Waals surface area contributed by atoms with Crippen LogP contribution >= 0.6 is 43.2 Å². The summed E-state index contributed by atoms with van der Waals surface area (Å²) in [5.41, 5.74) is -0.389. The highest BCUT2D eigenvalue weighted by atomic mass is 79.9. The lowest BCUT2D eigenvalue weighted by molar-refractivity contribution is -0.138. The van der Waals surface area contributed by atoms with E-state index in [2.05, 4.69) is 31.9 Å². The first kappa shape index (κ1) is 14.1. The summed E-state index contributed by atoms with van der Waals surface area (Å²) in [6, 6.07) is 7.85. The first-order valence-corrected chi connectivity index (χ1v) is 7.52. The lowest BCUT2D eigenvalue weighted by atomic mass is 10.0. The van der Waals surface area contributed by atoms with Crippen molar-refractivity contribution in [2.75, 3.05) is 0 Å². The Balaban J connectivity index is 2.51. The molecule has 1 aromatic heterocycles. The third-order valence-electron chi connectivity index (χ3n) is 2.39. The molecule has 18 heavy (non-hydrogen) atoms. The summed E-state index contributed by atoms with van der Waals surface area (Å²) in [7, 11) is 0. The summed E-state index contributed by atoms with van der Waals surface area (Å²) in [6.45, 7) is 0. The van der Waals surface area contributed by atoms with Gasteiger partial charge in [-0.25, -0.2) is 0 Å². The third kappa shape index (κ3) is 2.97. The van der Waals surface area contributed by atoms with Gasteiger partial charge in [-0.15, -0.1) is 11.3 Å². The van der Waals surface area contributed by atoms with Crippen molar-refractivity contribution in [2.45, 2.75) is 11.0 Å². The van der Waals surface area contributed by atoms with E-state index < -0.39 is 16.6 Å². The second-order valence-corrected chi connectivity index (χ2v) is 6.42. The van der Waals surface area contributed by atoms with Gasteiger partial charge in [-0.05, 0) is 29.1 Å². The van der Waals surface area contributed by atoms with Crippen LogP contribution in [-0.4, -0.2) is 0 Å². The van der Waals surface area contributed by atoms with Crippen molar-refractivity contribution in [1.29, 1.82) is 0 Å². The van der Waals surface area contributed by atoms with Crippen molar-refractivity contribution >= 4 is 43.2 Å². The molecule has 0 aliphatic carbocycles. The highest BCUT2D eigenvalue weighted by molar-refractivity contribution is 9.10. The molecule has 1 aromatic carbocycles. The molecule has 2 rings (SSSR count). The number of alkyl halides is 4. The summed E-state index contributed by atoms with van der Waals surface area (Å²) in [5, 5.41) is 1.84. The number of benzene rings is 1. The second-order valence-electron chi connectivity index (χ2n) is 3.61. The van der Waals surface area contributed by atoms with Gasteiger partial charge < -0.3 is 0 Å². The fourth-order valence-corrected chi connectivity index (χ4v) is 3.54. The molecule has 96 valence electrons. The Morgan fingerprint density at radius 1 is 1.17 bits per heavy atom. The average molecular weight is 400 g/mol. The number of hydrogen-bond donors (Lipinski definition) is 0. The number of rotatable bonds is 2. The summed E-state index contributed by atoms with van der Waals surface area (Å²) in [6.07, 6.45) is -4.36. The first-order valence-electron chi connectivity index (χ1n) is 4.93. The third-order valence-corrected chi connectivity index (χ3v) is 5.11. The van der Waals surface area contributed by atoms with Gasteiger partial charge in [0.2, 0.25) is 0 Å². The Kier molecular flexibility index (Phi) is 4.18. The molecule has 6 heteroatoms. The number of hydrogen-bond acceptors (Lipinski definition) is 1. The van der Waals surface area contributed by atoms with Gasteiger partial charge in [0.15, 0.2) is 0 Å². The molecule has 0 aliphatic heterocycles. The van der Waals surface area contributed by atoms with E-state index in [9.17, 15) is 13.2 Å². The summed E-state index contributed by atoms with van der Waals surface area (Å²) >= 11 is 7.83. The first-order chi connectivity index (χ1) is 8.39. The van der Waals surface area contributed by atoms with Crippen molar-refractivity contribution in [3.8, 4) is 0 Å². The van der Waals surface area contributed by atoms with Crippen LogP contribution in [-0.2, 0) is 6.18 Å². The highest BCUT2D eigenvalue weighted by Gasteiger charge is 2.35. The van der Waals surface area contributed by atoms with Gasteiger partial charge in [-0.2, -0.15) is 13.2 Å². The predicted octanol–water partition coefficient (Wildman–Crippen LogP) is 6.01. The van der Waals surface area contributed by atoms with E-state index in [0.29, 0.717) is 4.47 Å². The molecule has 1 heterocycles. The Labute approximate surface area is 123 Å². The molecule has 0 saturated heterocycles. The molecule has 2 aromatic rings. The van der Waals surface area contributed by atoms with Crippen molar-refractivity contribution in [3.05, 3.63) is 56.2 Å². The summed E-state index contributed by atoms with van der Waals surface area (Å²) in [5.74, 6) is 0. The van der Waals surface area contributed by atoms with Crippen LogP contribution in [0, 0.1) is 0 Å². The van der Waals surface area contributed by atoms with E-state index in [1.165, 1.54) is 17.4 Å². The van der Waals surface area contributed by atoms with Crippen LogP contribution in [0.25, 0.3) is 0 Å². The molecule has 0 saturated carbocycles. The van der Waals surface area contributed by atoms with Crippen LogP contribution in [0.1, 0.15) is 20.8 Å². The fourth-order valence-electron chi connectivity index (χ4n) is 1.58. The lowest BCUT2D eigenvalue weighted by Crippen LogP contribution is -2.10. The van der Waals surface area contributed by atoms with Crippen molar-refractivity contribution < 1.29 is 13.2 Å². The maximum atomic E-state index is 13.0. The van der Waals surface area contributed by atoms with Crippen LogP contribution in [0.5, 0.6) is 0 Å². The molecule has 0 nitrogen and oxygen atoms in total. The van der Waals surface area contributed by atoms with Gasteiger partial charge in [0.05, 0.1) is 10.4 Å². The maximum absolute atomic E-state index is 13.0. The average Bonchev–Trinajstić information content (AvgIpc) is 2.80. The van der Waals surface area contributed by atoms with Gasteiger partial charge in [0.25, 0.3) is 0 Å². The van der Waals surface area contributed by atoms with Gasteiger partial charge >= 0.3 is 6.18 Å². The molecule has 1 atom stereocenters. The van der Waals surface area contributed by atoms with Crippen LogP contribution in [0.15, 0.2) is 40.2 Å². The van der Waals surface area contributed by atoms with Crippen LogP contribution < -0.4 is 0 Å². The minimum atomic E-state index is -4.36. The topological polar surface area (TPSA) is 0 Å². The smallest absolute Gasteiger partial charge is 0.166 e. The molecule has 1 unspecified atom stereocenters. The van der Waals surface area contributed by atoms with Crippen molar-refractivity contribution in [1.82, 2.24) is 0 Å². The van der Waals surface area contributed by atoms with Gasteiger partial charge in [0, 0.05) is 9.35 Å². The van der Waals surface area contributed by atoms with E-state index in [1.807, 2.05) is 17.5 Å². The minimum absolute atomic E-state index is 0.230. The maximum Gasteiger partial charge on any atom is 0.416 e. The fraction of sp³-hybridized carbons (Fsp3) is 0.167. The van der Waals surface area contributed by atoms with Gasteiger partial charge in [-0.1, -0.05) is 44.0 Å². The Hall–Kier alpha value is -0.330. The SMILES string of the molecule is FC(F)(F)c1cc(Br)ccc1C(Br)c1cccs1. The highest BCUT2D eigenvalue weighted by Crippen LogP contribution is 2.42. The minimum Gasteiger partial charge on any atom is -0.166 e. The monoisotopic (exact) mass is 398 g/mol.